The van der Waals surface area contributed by atoms with Crippen LogP contribution in [0.4, 0.5) is 0 Å². The fourth-order valence-electron chi connectivity index (χ4n) is 3.94. The minimum Gasteiger partial charge on any atom is -0.488 e. The second-order valence-corrected chi connectivity index (χ2v) is 8.12. The second kappa shape index (κ2) is 5.98. The van der Waals surface area contributed by atoms with Crippen LogP contribution in [0.3, 0.4) is 0 Å². The topological polar surface area (TPSA) is 68.4 Å². The molecule has 5 nitrogen and oxygen atoms in total. The minimum absolute atomic E-state index is 0.000850. The van der Waals surface area contributed by atoms with Crippen molar-refractivity contribution in [2.45, 2.75) is 59.2 Å². The van der Waals surface area contributed by atoms with Crippen LogP contribution in [0.2, 0.25) is 0 Å². The van der Waals surface area contributed by atoms with Crippen molar-refractivity contribution in [1.29, 1.82) is 0 Å². The number of carbonyl (C=O) groups excluding carboxylic acids is 1. The highest BCUT2D eigenvalue weighted by Crippen LogP contribution is 2.48. The molecular weight excluding hydrogens is 342 g/mol. The highest BCUT2D eigenvalue weighted by atomic mass is 16.5. The molecule has 0 saturated heterocycles. The summed E-state index contributed by atoms with van der Waals surface area (Å²) in [7, 11) is 0. The van der Waals surface area contributed by atoms with Crippen LogP contribution in [0.15, 0.2) is 16.9 Å². The number of nitrogens with one attached hydrogen (secondary N) is 1. The van der Waals surface area contributed by atoms with Crippen LogP contribution in [0.1, 0.15) is 62.5 Å². The lowest BCUT2D eigenvalue weighted by Crippen LogP contribution is -2.35. The van der Waals surface area contributed by atoms with E-state index in [4.69, 9.17) is 9.47 Å². The van der Waals surface area contributed by atoms with Gasteiger partial charge in [0.2, 0.25) is 5.56 Å². The molecule has 3 heterocycles. The summed E-state index contributed by atoms with van der Waals surface area (Å²) < 4.78 is 12.5. The number of aromatic nitrogens is 1. The quantitative estimate of drug-likeness (QED) is 0.861. The molecule has 2 aliphatic rings. The van der Waals surface area contributed by atoms with Crippen molar-refractivity contribution >= 4 is 22.8 Å². The first-order chi connectivity index (χ1) is 12.7. The van der Waals surface area contributed by atoms with E-state index in [9.17, 15) is 9.59 Å². The number of ether oxygens (including phenoxy) is 2. The van der Waals surface area contributed by atoms with E-state index in [1.807, 2.05) is 39.8 Å². The Kier molecular flexibility index (Phi) is 3.95. The van der Waals surface area contributed by atoms with E-state index in [-0.39, 0.29) is 23.4 Å². The first-order valence-electron chi connectivity index (χ1n) is 9.58. The van der Waals surface area contributed by atoms with E-state index < -0.39 is 5.60 Å². The molecule has 2 atom stereocenters. The maximum absolute atomic E-state index is 13.2. The van der Waals surface area contributed by atoms with Gasteiger partial charge in [0, 0.05) is 11.5 Å². The summed E-state index contributed by atoms with van der Waals surface area (Å²) >= 11 is 0. The van der Waals surface area contributed by atoms with E-state index in [1.54, 1.807) is 6.07 Å². The van der Waals surface area contributed by atoms with Crippen LogP contribution in [0, 0.1) is 5.92 Å². The van der Waals surface area contributed by atoms with E-state index >= 15 is 0 Å². The Morgan fingerprint density at radius 1 is 1.19 bits per heavy atom. The molecule has 0 bridgehead atoms. The van der Waals surface area contributed by atoms with Gasteiger partial charge in [-0.05, 0) is 44.9 Å². The summed E-state index contributed by atoms with van der Waals surface area (Å²) in [5.74, 6) is 0.927. The van der Waals surface area contributed by atoms with Crippen LogP contribution in [-0.4, -0.2) is 22.5 Å². The highest BCUT2D eigenvalue weighted by Gasteiger charge is 2.38. The fraction of sp³-hybridized carbons (Fsp3) is 0.455. The molecule has 5 heteroatoms. The molecular formula is C22H25NO4. The normalized spacial score (nSPS) is 22.8. The summed E-state index contributed by atoms with van der Waals surface area (Å²) in [6.07, 6.45) is 5.35. The molecule has 1 aromatic carbocycles. The van der Waals surface area contributed by atoms with E-state index in [1.165, 1.54) is 0 Å². The lowest BCUT2D eigenvalue weighted by Gasteiger charge is -2.35. The lowest BCUT2D eigenvalue weighted by atomic mass is 9.85. The van der Waals surface area contributed by atoms with E-state index in [2.05, 4.69) is 11.9 Å². The molecule has 4 rings (SSSR count). The van der Waals surface area contributed by atoms with Gasteiger partial charge < -0.3 is 14.5 Å². The summed E-state index contributed by atoms with van der Waals surface area (Å²) in [5.41, 5.74) is 2.00. The van der Waals surface area contributed by atoms with Gasteiger partial charge in [0.25, 0.3) is 0 Å². The minimum atomic E-state index is -0.481. The Labute approximate surface area is 158 Å². The zero-order valence-corrected chi connectivity index (χ0v) is 16.4. The van der Waals surface area contributed by atoms with Crippen molar-refractivity contribution < 1.29 is 14.3 Å². The van der Waals surface area contributed by atoms with Crippen molar-refractivity contribution in [2.24, 2.45) is 5.92 Å². The van der Waals surface area contributed by atoms with Gasteiger partial charge in [-0.2, -0.15) is 0 Å². The SMILES string of the molecule is CCCc1cc(=O)[nH]c2c3c(c4c(c12)OC(C)(C)C=C4)O[C@H](C)[C@@H](C)C3=O. The van der Waals surface area contributed by atoms with Crippen LogP contribution < -0.4 is 15.0 Å². The van der Waals surface area contributed by atoms with Gasteiger partial charge in [0.05, 0.1) is 22.6 Å². The molecule has 1 aromatic heterocycles. The molecule has 1 N–H and O–H groups in total. The number of aryl methyl sites for hydroxylation is 1. The number of ketones is 1. The van der Waals surface area contributed by atoms with Crippen molar-refractivity contribution in [3.05, 3.63) is 39.2 Å². The Hall–Kier alpha value is -2.56. The van der Waals surface area contributed by atoms with Crippen molar-refractivity contribution in [3.63, 3.8) is 0 Å². The molecule has 2 aromatic rings. The number of Topliss-reactive ketones (excluding diaryl/α,β-unsaturated/α-hetero) is 1. The van der Waals surface area contributed by atoms with Crippen LogP contribution >= 0.6 is 0 Å². The third-order valence-electron chi connectivity index (χ3n) is 5.52. The maximum Gasteiger partial charge on any atom is 0.248 e. The average molecular weight is 367 g/mol. The summed E-state index contributed by atoms with van der Waals surface area (Å²) in [4.78, 5) is 28.4. The Balaban J connectivity index is 2.18. The molecule has 0 fully saturated rings. The predicted octanol–water partition coefficient (Wildman–Crippen LogP) is 4.26. The van der Waals surface area contributed by atoms with Gasteiger partial charge >= 0.3 is 0 Å². The van der Waals surface area contributed by atoms with E-state index in [0.29, 0.717) is 22.6 Å². The van der Waals surface area contributed by atoms with Gasteiger partial charge in [0.1, 0.15) is 23.2 Å². The molecule has 27 heavy (non-hydrogen) atoms. The zero-order valence-electron chi connectivity index (χ0n) is 16.4. The largest absolute Gasteiger partial charge is 0.488 e. The molecule has 142 valence electrons. The van der Waals surface area contributed by atoms with Crippen LogP contribution in [0.5, 0.6) is 11.5 Å². The third kappa shape index (κ3) is 2.68. The first kappa shape index (κ1) is 17.8. The third-order valence-corrected chi connectivity index (χ3v) is 5.52. The number of pyridine rings is 1. The zero-order chi connectivity index (χ0) is 19.5. The second-order valence-electron chi connectivity index (χ2n) is 8.12. The summed E-state index contributed by atoms with van der Waals surface area (Å²) in [5, 5.41) is 0.821. The standard InChI is InChI=1S/C22H25NO4/c1-6-7-13-10-15(24)23-18-16(13)21-14(8-9-22(4,5)27-21)20-17(18)19(25)11(2)12(3)26-20/h8-12H,6-7H2,1-5H3,(H,23,24)/t11-,12-/m1/s1. The van der Waals surface area contributed by atoms with Gasteiger partial charge in [-0.15, -0.1) is 0 Å². The molecule has 0 amide bonds. The number of carbonyl (C=O) groups is 1. The van der Waals surface area contributed by atoms with Crippen LogP contribution in [-0.2, 0) is 6.42 Å². The summed E-state index contributed by atoms with van der Waals surface area (Å²) in [6, 6.07) is 1.62. The Morgan fingerprint density at radius 2 is 1.93 bits per heavy atom. The predicted molar refractivity (Wildman–Crippen MR) is 106 cm³/mol. The molecule has 0 saturated carbocycles. The fourth-order valence-corrected chi connectivity index (χ4v) is 3.94. The Morgan fingerprint density at radius 3 is 2.63 bits per heavy atom. The Bertz CT molecular complexity index is 1040. The van der Waals surface area contributed by atoms with Crippen molar-refractivity contribution in [2.75, 3.05) is 0 Å². The number of aromatic amines is 1. The number of benzene rings is 1. The first-order valence-corrected chi connectivity index (χ1v) is 9.58. The van der Waals surface area contributed by atoms with Gasteiger partial charge in [-0.25, -0.2) is 0 Å². The molecule has 0 radical (unpaired) electrons. The maximum atomic E-state index is 13.2. The van der Waals surface area contributed by atoms with Crippen molar-refractivity contribution in [3.8, 4) is 11.5 Å². The van der Waals surface area contributed by atoms with Gasteiger partial charge in [-0.1, -0.05) is 20.3 Å². The number of hydrogen-bond donors (Lipinski definition) is 1. The number of H-pyrrole nitrogens is 1. The molecule has 2 aliphatic heterocycles. The van der Waals surface area contributed by atoms with Gasteiger partial charge in [-0.3, -0.25) is 9.59 Å². The molecule has 0 unspecified atom stereocenters. The molecule has 0 spiro atoms. The number of rotatable bonds is 2. The average Bonchev–Trinajstić information content (AvgIpc) is 2.58. The number of hydrogen-bond acceptors (Lipinski definition) is 4. The van der Waals surface area contributed by atoms with Gasteiger partial charge in [0.15, 0.2) is 5.78 Å². The highest BCUT2D eigenvalue weighted by molar-refractivity contribution is 6.14. The van der Waals surface area contributed by atoms with Crippen LogP contribution in [0.25, 0.3) is 17.0 Å². The smallest absolute Gasteiger partial charge is 0.248 e. The lowest BCUT2D eigenvalue weighted by molar-refractivity contribution is 0.0730. The monoisotopic (exact) mass is 367 g/mol. The van der Waals surface area contributed by atoms with Crippen molar-refractivity contribution in [1.82, 2.24) is 4.98 Å². The summed E-state index contributed by atoms with van der Waals surface area (Å²) in [6.45, 7) is 9.81. The molecule has 0 aliphatic carbocycles. The van der Waals surface area contributed by atoms with E-state index in [0.717, 1.165) is 29.4 Å². The number of fused-ring (bicyclic) bond motifs is 6.